The van der Waals surface area contributed by atoms with E-state index in [9.17, 15) is 0 Å². The predicted molar refractivity (Wildman–Crippen MR) is 286 cm³/mol. The second-order valence-electron chi connectivity index (χ2n) is 15.9. The largest absolute Gasteiger partial charge is 0 e. The van der Waals surface area contributed by atoms with Crippen LogP contribution in [0.4, 0.5) is 0 Å². The Labute approximate surface area is 445 Å². The Morgan fingerprint density at radius 3 is 1.50 bits per heavy atom. The fourth-order valence-electron chi connectivity index (χ4n) is 8.30. The molecule has 0 fully saturated rings. The van der Waals surface area contributed by atoms with Gasteiger partial charge in [0.2, 0.25) is 0 Å². The molecule has 0 atom stereocenters. The number of nitrogens with zero attached hydrogens (tertiary/aromatic N) is 10. The van der Waals surface area contributed by atoms with E-state index in [1.165, 1.54) is 25.7 Å². The average Bonchev–Trinajstić information content (AvgIpc) is 4.03. The molecule has 72 heavy (non-hydrogen) atoms. The van der Waals surface area contributed by atoms with Crippen molar-refractivity contribution in [3.05, 3.63) is 175 Å². The summed E-state index contributed by atoms with van der Waals surface area (Å²) in [6, 6.07) is 58.0. The van der Waals surface area contributed by atoms with Gasteiger partial charge >= 0.3 is 450 Å². The van der Waals surface area contributed by atoms with Crippen molar-refractivity contribution in [2.45, 2.75) is 20.8 Å². The molecule has 13 aromatic rings. The molecule has 6 heterocycles. The maximum atomic E-state index is 5.81. The van der Waals surface area contributed by atoms with Crippen LogP contribution >= 0.6 is 11.3 Å². The van der Waals surface area contributed by atoms with Crippen LogP contribution in [-0.4, -0.2) is 124 Å². The zero-order chi connectivity index (χ0) is 47.2. The Hall–Kier alpha value is -8.96. The van der Waals surface area contributed by atoms with E-state index >= 15 is 0 Å². The summed E-state index contributed by atoms with van der Waals surface area (Å²) in [5.41, 5.74) is 7.88. The molecule has 0 saturated heterocycles. The molecule has 13 rings (SSSR count). The Morgan fingerprint density at radius 1 is 0.403 bits per heavy atom. The minimum Gasteiger partial charge on any atom is 0 e. The molecule has 7 aromatic carbocycles. The molecule has 0 bridgehead atoms. The summed E-state index contributed by atoms with van der Waals surface area (Å²) in [7, 11) is 0. The molecule has 0 aliphatic carbocycles. The van der Waals surface area contributed by atoms with E-state index in [2.05, 4.69) is 165 Å². The van der Waals surface area contributed by atoms with Crippen molar-refractivity contribution < 1.29 is 4.42 Å². The summed E-state index contributed by atoms with van der Waals surface area (Å²) in [4.78, 5) is 39.9. The van der Waals surface area contributed by atoms with Crippen LogP contribution < -0.4 is 10.6 Å². The molecule has 0 amide bonds. The zero-order valence-corrected chi connectivity index (χ0v) is 60.9. The molecule has 6 aromatic heterocycles. The van der Waals surface area contributed by atoms with Gasteiger partial charge in [-0.25, -0.2) is 0 Å². The Morgan fingerprint density at radius 2 is 0.889 bits per heavy atom. The molecule has 3 radical (unpaired) electrons. The Kier molecular flexibility index (Phi) is 14.1. The molecule has 0 aliphatic rings. The van der Waals surface area contributed by atoms with Crippen LogP contribution in [0.2, 0.25) is 0 Å². The molecule has 0 unspecified atom stereocenters. The van der Waals surface area contributed by atoms with E-state index in [1.54, 1.807) is 11.3 Å². The van der Waals surface area contributed by atoms with Crippen molar-refractivity contribution in [1.29, 1.82) is 0 Å². The molecule has 11 nitrogen and oxygen atoms in total. The van der Waals surface area contributed by atoms with Gasteiger partial charge in [-0.15, -0.1) is 0 Å². The molecule has 0 N–H and O–H groups in total. The van der Waals surface area contributed by atoms with E-state index in [0.717, 1.165) is 94.5 Å². The van der Waals surface area contributed by atoms with Crippen LogP contribution in [0.5, 0.6) is 0 Å². The van der Waals surface area contributed by atoms with E-state index in [-0.39, 0.29) is 0 Å². The quantitative estimate of drug-likeness (QED) is 0.133. The molecular weight excluding hydrogens is 2200 g/mol. The van der Waals surface area contributed by atoms with Gasteiger partial charge in [0.25, 0.3) is 0 Å². The normalized spacial score (nSPS) is 10.9. The van der Waals surface area contributed by atoms with Gasteiger partial charge in [-0.05, 0) is 0 Å². The first-order chi connectivity index (χ1) is 33.6. The number of furan rings is 1. The third-order valence-corrected chi connectivity index (χ3v) is 15.3. The van der Waals surface area contributed by atoms with Crippen LogP contribution in [0.3, 0.4) is 0 Å². The number of rotatable bonds is 4. The van der Waals surface area contributed by atoms with Crippen molar-refractivity contribution in [3.63, 3.8) is 0 Å². The Bertz CT molecular complexity index is 3880. The van der Waals surface area contributed by atoms with Gasteiger partial charge < -0.3 is 0 Å². The maximum Gasteiger partial charge on any atom is 0 e. The van der Waals surface area contributed by atoms with E-state index in [1.807, 2.05) is 63.2 Å². The van der Waals surface area contributed by atoms with Gasteiger partial charge in [-0.1, -0.05) is 0 Å². The average molecular weight is 2240 g/mol. The summed E-state index contributed by atoms with van der Waals surface area (Å²) < 4.78 is 13.3. The van der Waals surface area contributed by atoms with Gasteiger partial charge in [0.05, 0.1) is 0 Å². The number of hydrogen-bond acceptors (Lipinski definition) is 11. The Balaban J connectivity index is 0.000000143. The van der Waals surface area contributed by atoms with Crippen LogP contribution in [0.15, 0.2) is 144 Å². The van der Waals surface area contributed by atoms with Gasteiger partial charge in [0.15, 0.2) is 0 Å². The second kappa shape index (κ2) is 20.6. The fraction of sp³-hybridized carbons (Fsp3) is 0.0556. The first kappa shape index (κ1) is 49.5. The fourth-order valence-corrected chi connectivity index (χ4v) is 13.0. The standard InChI is InChI=1S/C22H14N4.C16H9N3O.C16H9N3S.3Bi.3Bk.6H/c1-15-23-14-24-22(25-15)16-11-12-21-19(13-16)18-9-5-6-10-20(18)26(21)17-7-3-2-4-8-17;2*1-10-17-9-18-16(19-10)11-6-7-15-13(8-11)12-4-2-3-5-14(12)20-15;;;;;;;;;;;;/h2-12H,1H3;2*2-7H,1H3;;;;;;;;;;;;/q3*-1;;;;;;;;;;;;. The number of para-hydroxylation sites is 3. The van der Waals surface area contributed by atoms with E-state index < -0.39 is 0 Å². The van der Waals surface area contributed by atoms with Crippen molar-refractivity contribution in [2.24, 2.45) is 0 Å². The third kappa shape index (κ3) is 9.64. The van der Waals surface area contributed by atoms with Crippen molar-refractivity contribution in [1.82, 2.24) is 49.4 Å². The summed E-state index contributed by atoms with van der Waals surface area (Å²) in [5.74, 6) is 4.42. The van der Waals surface area contributed by atoms with Crippen LogP contribution in [0, 0.1) is 39.0 Å². The van der Waals surface area contributed by atoms with Gasteiger partial charge in [0, 0.05) is 0 Å². The number of aromatic nitrogens is 10. The van der Waals surface area contributed by atoms with E-state index in [4.69, 9.17) is 4.42 Å². The second-order valence-corrected chi connectivity index (χ2v) is 23.0. The number of hydrogen-bond donors (Lipinski definition) is 0. The van der Waals surface area contributed by atoms with Crippen molar-refractivity contribution >= 4 is 160 Å². The van der Waals surface area contributed by atoms with Crippen molar-refractivity contribution in [3.8, 4) is 39.9 Å². The summed E-state index contributed by atoms with van der Waals surface area (Å²) >= 11 is 3.58. The van der Waals surface area contributed by atoms with Crippen LogP contribution in [0.1, 0.15) is 17.5 Å². The molecule has 0 spiro atoms. The van der Waals surface area contributed by atoms with Crippen molar-refractivity contribution in [2.75, 3.05) is 0 Å². The smallest absolute Gasteiger partial charge is 0 e. The first-order valence-electron chi connectivity index (χ1n) is 21.8. The minimum atomic E-state index is 0. The van der Waals surface area contributed by atoms with Gasteiger partial charge in [-0.2, -0.15) is 0 Å². The third-order valence-electron chi connectivity index (χ3n) is 11.2. The molecule has 0 aliphatic heterocycles. The molecular formula is C54H38Bi3Bk3N10OS-3. The van der Waals surface area contributed by atoms with Gasteiger partial charge in [0.1, 0.15) is 0 Å². The molecule has 18 heteroatoms. The maximum absolute atomic E-state index is 5.81. The number of aryl methyl sites for hydroxylation is 3. The topological polar surface area (TPSA) is 134 Å². The van der Waals surface area contributed by atoms with Gasteiger partial charge in [-0.3, -0.25) is 0 Å². The first-order valence-corrected chi connectivity index (χ1v) is 29.3. The zero-order valence-electron chi connectivity index (χ0n) is 38.3. The molecule has 0 saturated carbocycles. The van der Waals surface area contributed by atoms with E-state index in [0.29, 0.717) is 85.8 Å². The summed E-state index contributed by atoms with van der Waals surface area (Å²) in [5, 5.41) is 6.70. The SMILES string of the molecule is Cc1n[c]([BiH2])nc(-c2[c-]c3c(cc2)oc2ccccc23)n1.Cc1n[c]([BiH2])nc(-c2[c-]c3c(cc2)sc2ccccc23)n1.Cc1n[c]([BiH2])nc(-c2[c-]c3c4ccccc4n(-c4ccccc4)c3cc2)n1.[Bk].[Bk].[Bk]. The number of thiophene rings is 1. The monoisotopic (exact) mass is 2240 g/mol. The summed E-state index contributed by atoms with van der Waals surface area (Å²) in [6.07, 6.45) is 0. The number of benzene rings is 7. The predicted octanol–water partition coefficient (Wildman–Crippen LogP) is 7.08. The number of fused-ring (bicyclic) bond motifs is 9. The van der Waals surface area contributed by atoms with Crippen LogP contribution in [-0.2, 0) is 0 Å². The van der Waals surface area contributed by atoms with Crippen LogP contribution in [0.25, 0.3) is 104 Å². The minimum absolute atomic E-state index is 0. The molecule has 361 valence electrons. The summed E-state index contributed by atoms with van der Waals surface area (Å²) in [6.45, 7) is 5.72.